The predicted octanol–water partition coefficient (Wildman–Crippen LogP) is 4.13. The van der Waals surface area contributed by atoms with Crippen molar-refractivity contribution in [3.8, 4) is 0 Å². The van der Waals surface area contributed by atoms with E-state index in [9.17, 15) is 4.79 Å². The molecule has 0 amide bonds. The summed E-state index contributed by atoms with van der Waals surface area (Å²) in [6.45, 7) is 6.24. The maximum atomic E-state index is 11.4. The number of benzene rings is 2. The molecule has 0 radical (unpaired) electrons. The molecule has 1 N–H and O–H groups in total. The number of rotatable bonds is 5. The number of hydrogen-bond donors (Lipinski definition) is 1. The van der Waals surface area contributed by atoms with Crippen LogP contribution in [0.15, 0.2) is 53.0 Å². The van der Waals surface area contributed by atoms with Crippen molar-refractivity contribution in [3.63, 3.8) is 0 Å². The van der Waals surface area contributed by atoms with E-state index in [0.29, 0.717) is 18.7 Å². The molecule has 2 rings (SSSR count). The summed E-state index contributed by atoms with van der Waals surface area (Å²) in [4.78, 5) is 11.4. The van der Waals surface area contributed by atoms with Gasteiger partial charge in [-0.1, -0.05) is 34.6 Å². The number of halogens is 1. The van der Waals surface area contributed by atoms with E-state index in [2.05, 4.69) is 33.9 Å². The van der Waals surface area contributed by atoms with Gasteiger partial charge in [-0.3, -0.25) is 0 Å². The topological polar surface area (TPSA) is 38.3 Å². The van der Waals surface area contributed by atoms with Crippen molar-refractivity contribution in [2.24, 2.45) is 0 Å². The van der Waals surface area contributed by atoms with Crippen LogP contribution in [0.1, 0.15) is 6.92 Å². The van der Waals surface area contributed by atoms with E-state index in [1.807, 2.05) is 30.3 Å². The highest BCUT2D eigenvalue weighted by atomic mass is 79.9. The Kier molecular flexibility index (Phi) is 4.79. The first-order chi connectivity index (χ1) is 9.60. The maximum absolute atomic E-state index is 11.4. The number of hydrogen-bond acceptors (Lipinski definition) is 3. The Morgan fingerprint density at radius 2 is 1.95 bits per heavy atom. The van der Waals surface area contributed by atoms with Gasteiger partial charge in [-0.15, -0.1) is 0 Å². The van der Waals surface area contributed by atoms with Gasteiger partial charge in [0.1, 0.15) is 0 Å². The molecular formula is C16H16BrNO2. The Balaban J connectivity index is 2.05. The van der Waals surface area contributed by atoms with Gasteiger partial charge in [-0.05, 0) is 42.0 Å². The third kappa shape index (κ3) is 3.61. The highest BCUT2D eigenvalue weighted by Crippen LogP contribution is 2.23. The van der Waals surface area contributed by atoms with Crippen LogP contribution < -0.4 is 5.32 Å². The minimum Gasteiger partial charge on any atom is -0.463 e. The van der Waals surface area contributed by atoms with Crippen LogP contribution in [0, 0.1) is 0 Å². The Morgan fingerprint density at radius 1 is 1.25 bits per heavy atom. The van der Waals surface area contributed by atoms with Gasteiger partial charge in [-0.25, -0.2) is 4.79 Å². The summed E-state index contributed by atoms with van der Waals surface area (Å²) in [6, 6.07) is 12.2. The molecule has 4 heteroatoms. The van der Waals surface area contributed by atoms with Crippen LogP contribution in [0.5, 0.6) is 0 Å². The molecule has 0 spiro atoms. The maximum Gasteiger partial charge on any atom is 0.335 e. The molecule has 0 heterocycles. The summed E-state index contributed by atoms with van der Waals surface area (Å²) in [5.74, 6) is -0.357. The molecule has 20 heavy (non-hydrogen) atoms. The second-order valence-corrected chi connectivity index (χ2v) is 5.30. The lowest BCUT2D eigenvalue weighted by Gasteiger charge is -2.09. The van der Waals surface area contributed by atoms with Crippen molar-refractivity contribution in [1.29, 1.82) is 0 Å². The van der Waals surface area contributed by atoms with E-state index in [1.165, 1.54) is 0 Å². The Hall–Kier alpha value is -1.81. The van der Waals surface area contributed by atoms with Crippen LogP contribution in [-0.4, -0.2) is 19.1 Å². The van der Waals surface area contributed by atoms with Gasteiger partial charge in [0, 0.05) is 22.3 Å². The highest BCUT2D eigenvalue weighted by Gasteiger charge is 2.07. The van der Waals surface area contributed by atoms with Crippen molar-refractivity contribution in [2.45, 2.75) is 6.92 Å². The van der Waals surface area contributed by atoms with E-state index in [1.54, 1.807) is 6.92 Å². The summed E-state index contributed by atoms with van der Waals surface area (Å²) in [5, 5.41) is 5.48. The zero-order valence-corrected chi connectivity index (χ0v) is 12.9. The van der Waals surface area contributed by atoms with E-state index in [-0.39, 0.29) is 5.97 Å². The van der Waals surface area contributed by atoms with Gasteiger partial charge in [-0.2, -0.15) is 0 Å². The number of carbonyl (C=O) groups is 1. The average molecular weight is 334 g/mol. The van der Waals surface area contributed by atoms with Crippen LogP contribution in [0.25, 0.3) is 10.8 Å². The van der Waals surface area contributed by atoms with Gasteiger partial charge >= 0.3 is 5.97 Å². The van der Waals surface area contributed by atoms with Crippen LogP contribution in [0.4, 0.5) is 5.69 Å². The third-order valence-electron chi connectivity index (χ3n) is 2.87. The van der Waals surface area contributed by atoms with E-state index in [4.69, 9.17) is 4.74 Å². The van der Waals surface area contributed by atoms with Gasteiger partial charge < -0.3 is 10.1 Å². The van der Waals surface area contributed by atoms with Crippen LogP contribution in [-0.2, 0) is 9.53 Å². The molecule has 0 saturated heterocycles. The fraction of sp³-hybridized carbons (Fsp3) is 0.188. The second kappa shape index (κ2) is 6.57. The minimum absolute atomic E-state index is 0.357. The molecule has 104 valence electrons. The molecule has 2 aromatic rings. The van der Waals surface area contributed by atoms with Crippen molar-refractivity contribution in [1.82, 2.24) is 0 Å². The lowest BCUT2D eigenvalue weighted by molar-refractivity contribution is -0.138. The number of esters is 1. The quantitative estimate of drug-likeness (QED) is 0.660. The molecule has 0 aliphatic rings. The van der Waals surface area contributed by atoms with E-state index >= 15 is 0 Å². The SMILES string of the molecule is C=C(CNc1ccc2cc(Br)ccc2c1)C(=O)OCC. The number of anilines is 1. The molecule has 2 aromatic carbocycles. The van der Waals surface area contributed by atoms with Crippen molar-refractivity contribution < 1.29 is 9.53 Å². The van der Waals surface area contributed by atoms with Crippen molar-refractivity contribution in [3.05, 3.63) is 53.0 Å². The van der Waals surface area contributed by atoms with E-state index in [0.717, 1.165) is 20.9 Å². The standard InChI is InChI=1S/C16H16BrNO2/c1-3-20-16(19)11(2)10-18-15-7-5-12-8-14(17)6-4-13(12)9-15/h4-9,18H,2-3,10H2,1H3. The fourth-order valence-corrected chi connectivity index (χ4v) is 2.22. The summed E-state index contributed by atoms with van der Waals surface area (Å²) in [6.07, 6.45) is 0. The molecular weight excluding hydrogens is 318 g/mol. The lowest BCUT2D eigenvalue weighted by Crippen LogP contribution is -2.14. The number of nitrogens with one attached hydrogen (secondary N) is 1. The summed E-state index contributed by atoms with van der Waals surface area (Å²) >= 11 is 3.45. The highest BCUT2D eigenvalue weighted by molar-refractivity contribution is 9.10. The van der Waals surface area contributed by atoms with Crippen LogP contribution >= 0.6 is 15.9 Å². The Labute approximate surface area is 126 Å². The molecule has 3 nitrogen and oxygen atoms in total. The first kappa shape index (κ1) is 14.6. The number of ether oxygens (including phenoxy) is 1. The molecule has 0 unspecified atom stereocenters. The van der Waals surface area contributed by atoms with Gasteiger partial charge in [0.15, 0.2) is 0 Å². The average Bonchev–Trinajstić information content (AvgIpc) is 2.44. The normalized spacial score (nSPS) is 10.3. The number of carbonyl (C=O) groups excluding carboxylic acids is 1. The molecule has 0 fully saturated rings. The third-order valence-corrected chi connectivity index (χ3v) is 3.37. The smallest absolute Gasteiger partial charge is 0.335 e. The molecule has 0 aliphatic carbocycles. The molecule has 0 aliphatic heterocycles. The minimum atomic E-state index is -0.357. The largest absolute Gasteiger partial charge is 0.463 e. The second-order valence-electron chi connectivity index (χ2n) is 4.38. The summed E-state index contributed by atoms with van der Waals surface area (Å²) in [7, 11) is 0. The summed E-state index contributed by atoms with van der Waals surface area (Å²) < 4.78 is 5.95. The Bertz CT molecular complexity index is 652. The van der Waals surface area contributed by atoms with Crippen LogP contribution in [0.2, 0.25) is 0 Å². The van der Waals surface area contributed by atoms with Gasteiger partial charge in [0.05, 0.1) is 6.61 Å². The molecule has 0 atom stereocenters. The fourth-order valence-electron chi connectivity index (χ4n) is 1.84. The van der Waals surface area contributed by atoms with Crippen molar-refractivity contribution >= 4 is 38.4 Å². The first-order valence-corrected chi connectivity index (χ1v) is 7.17. The first-order valence-electron chi connectivity index (χ1n) is 6.38. The zero-order chi connectivity index (χ0) is 14.5. The molecule has 0 bridgehead atoms. The van der Waals surface area contributed by atoms with Gasteiger partial charge in [0.25, 0.3) is 0 Å². The molecule has 0 aromatic heterocycles. The predicted molar refractivity (Wildman–Crippen MR) is 85.9 cm³/mol. The lowest BCUT2D eigenvalue weighted by atomic mass is 10.1. The number of fused-ring (bicyclic) bond motifs is 1. The van der Waals surface area contributed by atoms with Gasteiger partial charge in [0.2, 0.25) is 0 Å². The van der Waals surface area contributed by atoms with Crippen molar-refractivity contribution in [2.75, 3.05) is 18.5 Å². The van der Waals surface area contributed by atoms with Crippen LogP contribution in [0.3, 0.4) is 0 Å². The summed E-state index contributed by atoms with van der Waals surface area (Å²) in [5.41, 5.74) is 1.37. The Morgan fingerprint density at radius 3 is 2.70 bits per heavy atom. The molecule has 0 saturated carbocycles. The zero-order valence-electron chi connectivity index (χ0n) is 11.3. The monoisotopic (exact) mass is 333 g/mol. The van der Waals surface area contributed by atoms with E-state index < -0.39 is 0 Å².